The van der Waals surface area contributed by atoms with Gasteiger partial charge in [0, 0.05) is 25.7 Å². The SMILES string of the molecule is CCc1nc(N2CCCC(n3ccc(C(F)(F)F)n3)C2)c2ccsc2n1. The van der Waals surface area contributed by atoms with Crippen LogP contribution in [0.2, 0.25) is 0 Å². The Bertz CT molecular complexity index is 917. The number of halogens is 3. The highest BCUT2D eigenvalue weighted by Gasteiger charge is 2.34. The van der Waals surface area contributed by atoms with Crippen molar-refractivity contribution in [3.63, 3.8) is 0 Å². The third kappa shape index (κ3) is 3.15. The van der Waals surface area contributed by atoms with Gasteiger partial charge in [0.15, 0.2) is 5.69 Å². The average Bonchev–Trinajstić information content (AvgIpc) is 3.29. The van der Waals surface area contributed by atoms with E-state index in [0.717, 1.165) is 53.7 Å². The largest absolute Gasteiger partial charge is 0.435 e. The molecule has 0 saturated carbocycles. The van der Waals surface area contributed by atoms with Gasteiger partial charge in [0.05, 0.1) is 11.4 Å². The molecule has 0 aliphatic carbocycles. The Morgan fingerprint density at radius 1 is 1.27 bits per heavy atom. The zero-order valence-electron chi connectivity index (χ0n) is 14.2. The predicted molar refractivity (Wildman–Crippen MR) is 94.5 cm³/mol. The number of nitrogens with zero attached hydrogens (tertiary/aromatic N) is 5. The average molecular weight is 381 g/mol. The minimum Gasteiger partial charge on any atom is -0.354 e. The summed E-state index contributed by atoms with van der Waals surface area (Å²) < 4.78 is 39.9. The van der Waals surface area contributed by atoms with Crippen molar-refractivity contribution in [2.24, 2.45) is 0 Å². The molecule has 9 heteroatoms. The first-order chi connectivity index (χ1) is 12.5. The molecule has 3 aromatic rings. The number of aromatic nitrogens is 4. The molecular weight excluding hydrogens is 363 g/mol. The van der Waals surface area contributed by atoms with Crippen molar-refractivity contribution in [1.82, 2.24) is 19.7 Å². The van der Waals surface area contributed by atoms with Crippen molar-refractivity contribution in [3.05, 3.63) is 35.2 Å². The first-order valence-corrected chi connectivity index (χ1v) is 9.45. The molecule has 0 spiro atoms. The van der Waals surface area contributed by atoms with Gasteiger partial charge in [-0.2, -0.15) is 18.3 Å². The quantitative estimate of drug-likeness (QED) is 0.678. The molecule has 4 rings (SSSR count). The van der Waals surface area contributed by atoms with E-state index in [4.69, 9.17) is 4.98 Å². The minimum atomic E-state index is -4.41. The van der Waals surface area contributed by atoms with E-state index in [-0.39, 0.29) is 6.04 Å². The molecule has 0 amide bonds. The third-order valence-electron chi connectivity index (χ3n) is 4.64. The summed E-state index contributed by atoms with van der Waals surface area (Å²) in [5, 5.41) is 6.75. The summed E-state index contributed by atoms with van der Waals surface area (Å²) in [6.07, 6.45) is -0.567. The molecule has 0 N–H and O–H groups in total. The van der Waals surface area contributed by atoms with E-state index in [1.165, 1.54) is 10.9 Å². The van der Waals surface area contributed by atoms with Crippen LogP contribution in [0.3, 0.4) is 0 Å². The number of piperidine rings is 1. The van der Waals surface area contributed by atoms with Gasteiger partial charge >= 0.3 is 6.18 Å². The van der Waals surface area contributed by atoms with Gasteiger partial charge < -0.3 is 4.90 Å². The number of aryl methyl sites for hydroxylation is 1. The molecule has 1 unspecified atom stereocenters. The van der Waals surface area contributed by atoms with Crippen LogP contribution in [0.4, 0.5) is 19.0 Å². The maximum atomic E-state index is 12.8. The molecule has 1 saturated heterocycles. The molecule has 1 fully saturated rings. The molecule has 138 valence electrons. The van der Waals surface area contributed by atoms with Gasteiger partial charge in [-0.3, -0.25) is 4.68 Å². The van der Waals surface area contributed by atoms with E-state index in [2.05, 4.69) is 15.0 Å². The van der Waals surface area contributed by atoms with Gasteiger partial charge in [-0.1, -0.05) is 6.92 Å². The zero-order valence-corrected chi connectivity index (χ0v) is 15.0. The summed E-state index contributed by atoms with van der Waals surface area (Å²) in [5.74, 6) is 1.66. The van der Waals surface area contributed by atoms with Gasteiger partial charge in [0.2, 0.25) is 0 Å². The van der Waals surface area contributed by atoms with Gasteiger partial charge in [0.25, 0.3) is 0 Å². The summed E-state index contributed by atoms with van der Waals surface area (Å²) >= 11 is 1.58. The fourth-order valence-electron chi connectivity index (χ4n) is 3.34. The number of thiophene rings is 1. The topological polar surface area (TPSA) is 46.8 Å². The monoisotopic (exact) mass is 381 g/mol. The lowest BCUT2D eigenvalue weighted by Crippen LogP contribution is -2.37. The molecule has 0 bridgehead atoms. The summed E-state index contributed by atoms with van der Waals surface area (Å²) in [4.78, 5) is 12.4. The third-order valence-corrected chi connectivity index (χ3v) is 5.44. The molecule has 1 aliphatic rings. The Balaban J connectivity index is 1.63. The van der Waals surface area contributed by atoms with Crippen molar-refractivity contribution < 1.29 is 13.2 Å². The van der Waals surface area contributed by atoms with E-state index in [9.17, 15) is 13.2 Å². The highest BCUT2D eigenvalue weighted by molar-refractivity contribution is 7.16. The van der Waals surface area contributed by atoms with Crippen LogP contribution in [-0.4, -0.2) is 32.8 Å². The number of fused-ring (bicyclic) bond motifs is 1. The van der Waals surface area contributed by atoms with Crippen LogP contribution in [-0.2, 0) is 12.6 Å². The highest BCUT2D eigenvalue weighted by Crippen LogP contribution is 2.33. The second kappa shape index (κ2) is 6.53. The van der Waals surface area contributed by atoms with Crippen LogP contribution in [0.1, 0.15) is 37.3 Å². The fraction of sp³-hybridized carbons (Fsp3) is 0.471. The fourth-order valence-corrected chi connectivity index (χ4v) is 4.11. The number of anilines is 1. The van der Waals surface area contributed by atoms with E-state index in [1.54, 1.807) is 11.3 Å². The van der Waals surface area contributed by atoms with Gasteiger partial charge in [-0.25, -0.2) is 9.97 Å². The number of alkyl halides is 3. The number of hydrogen-bond acceptors (Lipinski definition) is 5. The summed E-state index contributed by atoms with van der Waals surface area (Å²) in [7, 11) is 0. The Morgan fingerprint density at radius 3 is 2.85 bits per heavy atom. The van der Waals surface area contributed by atoms with Crippen LogP contribution < -0.4 is 4.90 Å². The second-order valence-corrected chi connectivity index (χ2v) is 7.27. The lowest BCUT2D eigenvalue weighted by molar-refractivity contribution is -0.141. The summed E-state index contributed by atoms with van der Waals surface area (Å²) in [6, 6.07) is 2.94. The Morgan fingerprint density at radius 2 is 2.12 bits per heavy atom. The lowest BCUT2D eigenvalue weighted by atomic mass is 10.1. The van der Waals surface area contributed by atoms with Crippen molar-refractivity contribution >= 4 is 27.4 Å². The Labute approximate surface area is 152 Å². The van der Waals surface area contributed by atoms with E-state index in [1.807, 2.05) is 18.4 Å². The molecule has 0 radical (unpaired) electrons. The van der Waals surface area contributed by atoms with Gasteiger partial charge in [-0.15, -0.1) is 11.3 Å². The maximum absolute atomic E-state index is 12.8. The molecule has 1 atom stereocenters. The molecule has 1 aliphatic heterocycles. The molecular formula is C17H18F3N5S. The number of rotatable bonds is 3. The molecule has 3 aromatic heterocycles. The van der Waals surface area contributed by atoms with Crippen molar-refractivity contribution in [3.8, 4) is 0 Å². The zero-order chi connectivity index (χ0) is 18.3. The van der Waals surface area contributed by atoms with Crippen LogP contribution >= 0.6 is 11.3 Å². The highest BCUT2D eigenvalue weighted by atomic mass is 32.1. The maximum Gasteiger partial charge on any atom is 0.435 e. The van der Waals surface area contributed by atoms with Gasteiger partial charge in [-0.05, 0) is 30.4 Å². The normalized spacial score (nSPS) is 18.6. The predicted octanol–water partition coefficient (Wildman–Crippen LogP) is 4.31. The summed E-state index contributed by atoms with van der Waals surface area (Å²) in [6.45, 7) is 3.43. The van der Waals surface area contributed by atoms with Crippen LogP contribution in [0, 0.1) is 0 Å². The molecule has 4 heterocycles. The van der Waals surface area contributed by atoms with Crippen molar-refractivity contribution in [2.75, 3.05) is 18.0 Å². The smallest absolute Gasteiger partial charge is 0.354 e. The molecule has 0 aromatic carbocycles. The second-order valence-electron chi connectivity index (χ2n) is 6.38. The van der Waals surface area contributed by atoms with Crippen LogP contribution in [0.15, 0.2) is 23.7 Å². The minimum absolute atomic E-state index is 0.103. The molecule has 5 nitrogen and oxygen atoms in total. The first kappa shape index (κ1) is 17.3. The number of hydrogen-bond donors (Lipinski definition) is 0. The van der Waals surface area contributed by atoms with E-state index >= 15 is 0 Å². The Hall–Kier alpha value is -2.16. The van der Waals surface area contributed by atoms with Crippen molar-refractivity contribution in [2.45, 2.75) is 38.4 Å². The van der Waals surface area contributed by atoms with E-state index in [0.29, 0.717) is 6.54 Å². The Kier molecular flexibility index (Phi) is 4.34. The standard InChI is InChI=1S/C17H18F3N5S/c1-2-14-21-15(12-6-9-26-16(12)22-14)24-7-3-4-11(10-24)25-8-5-13(23-25)17(18,19)20/h5-6,8-9,11H,2-4,7,10H2,1H3. The van der Waals surface area contributed by atoms with Crippen LogP contribution in [0.5, 0.6) is 0 Å². The van der Waals surface area contributed by atoms with Crippen molar-refractivity contribution in [1.29, 1.82) is 0 Å². The van der Waals surface area contributed by atoms with Gasteiger partial charge in [0.1, 0.15) is 16.5 Å². The molecule has 26 heavy (non-hydrogen) atoms. The first-order valence-electron chi connectivity index (χ1n) is 8.57. The lowest BCUT2D eigenvalue weighted by Gasteiger charge is -2.34. The van der Waals surface area contributed by atoms with Crippen LogP contribution in [0.25, 0.3) is 10.2 Å². The van der Waals surface area contributed by atoms with E-state index < -0.39 is 11.9 Å². The summed E-state index contributed by atoms with van der Waals surface area (Å²) in [5.41, 5.74) is -0.842.